The predicted octanol–water partition coefficient (Wildman–Crippen LogP) is 2.25. The van der Waals surface area contributed by atoms with Gasteiger partial charge in [-0.1, -0.05) is 12.1 Å². The van der Waals surface area contributed by atoms with Crippen molar-refractivity contribution in [3.8, 4) is 5.75 Å². The molecule has 7 heteroatoms. The molecule has 1 aliphatic heterocycles. The molecule has 0 saturated carbocycles. The Morgan fingerprint density at radius 2 is 1.87 bits per heavy atom. The molecule has 120 valence electrons. The lowest BCUT2D eigenvalue weighted by Gasteiger charge is -2.12. The third-order valence-electron chi connectivity index (χ3n) is 3.42. The van der Waals surface area contributed by atoms with Crippen LogP contribution in [0.2, 0.25) is 0 Å². The van der Waals surface area contributed by atoms with Crippen molar-refractivity contribution in [1.82, 2.24) is 0 Å². The number of para-hydroxylation sites is 2. The molecule has 3 rings (SSSR count). The number of anilines is 2. The number of ether oxygens (including phenoxy) is 1. The summed E-state index contributed by atoms with van der Waals surface area (Å²) in [4.78, 5) is 12.4. The second-order valence-electron chi connectivity index (χ2n) is 5.29. The third kappa shape index (κ3) is 3.62. The first-order valence-corrected chi connectivity index (χ1v) is 8.95. The summed E-state index contributed by atoms with van der Waals surface area (Å²) in [5, 5.41) is 2.73. The van der Waals surface area contributed by atoms with E-state index >= 15 is 0 Å². The van der Waals surface area contributed by atoms with Crippen molar-refractivity contribution in [1.29, 1.82) is 0 Å². The predicted molar refractivity (Wildman–Crippen MR) is 88.5 cm³/mol. The molecule has 0 aromatic heterocycles. The summed E-state index contributed by atoms with van der Waals surface area (Å²) < 4.78 is 30.6. The zero-order valence-corrected chi connectivity index (χ0v) is 13.3. The van der Waals surface area contributed by atoms with Gasteiger partial charge >= 0.3 is 0 Å². The van der Waals surface area contributed by atoms with E-state index in [2.05, 4.69) is 10.0 Å². The fourth-order valence-electron chi connectivity index (χ4n) is 2.40. The Balaban J connectivity index is 1.83. The third-order valence-corrected chi connectivity index (χ3v) is 4.01. The number of nitrogens with one attached hydrogen (secondary N) is 2. The van der Waals surface area contributed by atoms with Gasteiger partial charge in [-0.15, -0.1) is 0 Å². The number of hydrogen-bond acceptors (Lipinski definition) is 4. The largest absolute Gasteiger partial charge is 0.493 e. The second kappa shape index (κ2) is 5.92. The first-order valence-electron chi connectivity index (χ1n) is 7.06. The van der Waals surface area contributed by atoms with Crippen molar-refractivity contribution in [3.63, 3.8) is 0 Å². The van der Waals surface area contributed by atoms with Crippen LogP contribution in [-0.4, -0.2) is 27.2 Å². The van der Waals surface area contributed by atoms with E-state index < -0.39 is 10.0 Å². The Hall–Kier alpha value is -2.54. The van der Waals surface area contributed by atoms with Gasteiger partial charge in [0.05, 0.1) is 24.2 Å². The average Bonchev–Trinajstić information content (AvgIpc) is 2.95. The molecule has 0 atom stereocenters. The van der Waals surface area contributed by atoms with Gasteiger partial charge in [0.1, 0.15) is 5.75 Å². The highest BCUT2D eigenvalue weighted by Crippen LogP contribution is 2.27. The molecule has 23 heavy (non-hydrogen) atoms. The number of rotatable bonds is 4. The normalized spacial score (nSPS) is 13.1. The van der Waals surface area contributed by atoms with E-state index in [1.165, 1.54) is 0 Å². The fraction of sp³-hybridized carbons (Fsp3) is 0.188. The van der Waals surface area contributed by atoms with E-state index in [9.17, 15) is 13.2 Å². The summed E-state index contributed by atoms with van der Waals surface area (Å²) >= 11 is 0. The van der Waals surface area contributed by atoms with Crippen molar-refractivity contribution in [3.05, 3.63) is 53.6 Å². The number of carbonyl (C=O) groups is 1. The molecule has 2 aromatic rings. The zero-order chi connectivity index (χ0) is 16.4. The van der Waals surface area contributed by atoms with E-state index in [1.54, 1.807) is 42.5 Å². The summed E-state index contributed by atoms with van der Waals surface area (Å²) in [6, 6.07) is 11.9. The van der Waals surface area contributed by atoms with E-state index in [1.807, 2.05) is 0 Å². The molecule has 2 N–H and O–H groups in total. The minimum atomic E-state index is -3.43. The van der Waals surface area contributed by atoms with E-state index in [-0.39, 0.29) is 5.91 Å². The topological polar surface area (TPSA) is 84.5 Å². The van der Waals surface area contributed by atoms with Gasteiger partial charge in [0.15, 0.2) is 0 Å². The van der Waals surface area contributed by atoms with Crippen LogP contribution in [0.15, 0.2) is 42.5 Å². The molecule has 0 aliphatic carbocycles. The summed E-state index contributed by atoms with van der Waals surface area (Å²) in [6.07, 6.45) is 1.84. The molecule has 0 spiro atoms. The quantitative estimate of drug-likeness (QED) is 0.899. The van der Waals surface area contributed by atoms with Crippen LogP contribution in [0.5, 0.6) is 5.75 Å². The van der Waals surface area contributed by atoms with Gasteiger partial charge in [0.2, 0.25) is 10.0 Å². The first-order chi connectivity index (χ1) is 10.9. The van der Waals surface area contributed by atoms with Crippen LogP contribution < -0.4 is 14.8 Å². The van der Waals surface area contributed by atoms with Crippen molar-refractivity contribution in [2.75, 3.05) is 22.9 Å². The highest BCUT2D eigenvalue weighted by molar-refractivity contribution is 7.92. The van der Waals surface area contributed by atoms with Gasteiger partial charge in [-0.05, 0) is 35.9 Å². The number of amides is 1. The lowest BCUT2D eigenvalue weighted by Crippen LogP contribution is -2.16. The maximum Gasteiger partial charge on any atom is 0.255 e. The number of benzene rings is 2. The number of carbonyl (C=O) groups excluding carboxylic acids is 1. The first kappa shape index (κ1) is 15.4. The number of sulfonamides is 1. The summed E-state index contributed by atoms with van der Waals surface area (Å²) in [7, 11) is -3.43. The molecule has 0 fully saturated rings. The standard InChI is InChI=1S/C16H16N2O4S/c1-23(20,21)18-14-5-3-2-4-13(14)17-16(19)12-6-7-15-11(10-12)8-9-22-15/h2-7,10,18H,8-9H2,1H3,(H,17,19). The van der Waals surface area contributed by atoms with Crippen LogP contribution in [0.1, 0.15) is 15.9 Å². The van der Waals surface area contributed by atoms with E-state index in [0.29, 0.717) is 23.5 Å². The van der Waals surface area contributed by atoms with Gasteiger partial charge in [-0.25, -0.2) is 8.42 Å². The lowest BCUT2D eigenvalue weighted by atomic mass is 10.1. The van der Waals surface area contributed by atoms with Gasteiger partial charge in [-0.2, -0.15) is 0 Å². The van der Waals surface area contributed by atoms with E-state index in [4.69, 9.17) is 4.74 Å². The smallest absolute Gasteiger partial charge is 0.255 e. The van der Waals surface area contributed by atoms with Crippen LogP contribution in [0.25, 0.3) is 0 Å². The van der Waals surface area contributed by atoms with Gasteiger partial charge < -0.3 is 10.1 Å². The van der Waals surface area contributed by atoms with Crippen LogP contribution in [0, 0.1) is 0 Å². The molecule has 0 saturated heterocycles. The Labute approximate surface area is 134 Å². The van der Waals surface area contributed by atoms with Crippen molar-refractivity contribution in [2.24, 2.45) is 0 Å². The lowest BCUT2D eigenvalue weighted by molar-refractivity contribution is 0.102. The highest BCUT2D eigenvalue weighted by Gasteiger charge is 2.16. The molecule has 0 bridgehead atoms. The molecule has 0 radical (unpaired) electrons. The molecule has 2 aromatic carbocycles. The Morgan fingerprint density at radius 3 is 2.61 bits per heavy atom. The summed E-state index contributed by atoms with van der Waals surface area (Å²) in [5.41, 5.74) is 2.23. The molecule has 6 nitrogen and oxygen atoms in total. The Kier molecular flexibility index (Phi) is 3.96. The molecule has 1 aliphatic rings. The van der Waals surface area contributed by atoms with Crippen LogP contribution in [-0.2, 0) is 16.4 Å². The molecule has 1 amide bonds. The van der Waals surface area contributed by atoms with Crippen molar-refractivity contribution < 1.29 is 17.9 Å². The molecular formula is C16H16N2O4S. The molecule has 1 heterocycles. The molecule has 0 unspecified atom stereocenters. The van der Waals surface area contributed by atoms with E-state index in [0.717, 1.165) is 24.0 Å². The fourth-order valence-corrected chi connectivity index (χ4v) is 2.98. The summed E-state index contributed by atoms with van der Waals surface area (Å²) in [5.74, 6) is 0.503. The van der Waals surface area contributed by atoms with Gasteiger partial charge in [0, 0.05) is 12.0 Å². The van der Waals surface area contributed by atoms with Crippen LogP contribution >= 0.6 is 0 Å². The Bertz CT molecular complexity index is 862. The SMILES string of the molecule is CS(=O)(=O)Nc1ccccc1NC(=O)c1ccc2c(c1)CCO2. The van der Waals surface area contributed by atoms with Crippen molar-refractivity contribution >= 4 is 27.3 Å². The maximum absolute atomic E-state index is 12.4. The molecular weight excluding hydrogens is 316 g/mol. The number of fused-ring (bicyclic) bond motifs is 1. The van der Waals surface area contributed by atoms with Crippen molar-refractivity contribution in [2.45, 2.75) is 6.42 Å². The van der Waals surface area contributed by atoms with Gasteiger partial charge in [-0.3, -0.25) is 9.52 Å². The minimum Gasteiger partial charge on any atom is -0.493 e. The minimum absolute atomic E-state index is 0.303. The maximum atomic E-state index is 12.4. The van der Waals surface area contributed by atoms with Crippen LogP contribution in [0.4, 0.5) is 11.4 Å². The average molecular weight is 332 g/mol. The van der Waals surface area contributed by atoms with Gasteiger partial charge in [0.25, 0.3) is 5.91 Å². The summed E-state index contributed by atoms with van der Waals surface area (Å²) in [6.45, 7) is 0.627. The Morgan fingerprint density at radius 1 is 1.13 bits per heavy atom. The second-order valence-corrected chi connectivity index (χ2v) is 7.04. The zero-order valence-electron chi connectivity index (χ0n) is 12.5. The van der Waals surface area contributed by atoms with Crippen LogP contribution in [0.3, 0.4) is 0 Å². The monoisotopic (exact) mass is 332 g/mol. The highest BCUT2D eigenvalue weighted by atomic mass is 32.2. The number of hydrogen-bond donors (Lipinski definition) is 2.